The van der Waals surface area contributed by atoms with Gasteiger partial charge in [0.15, 0.2) is 6.19 Å². The highest BCUT2D eigenvalue weighted by Crippen LogP contribution is 2.06. The van der Waals surface area contributed by atoms with E-state index in [4.69, 9.17) is 11.0 Å². The minimum atomic E-state index is 0.147. The average molecular weight is 225 g/mol. The summed E-state index contributed by atoms with van der Waals surface area (Å²) in [7, 11) is 0. The lowest BCUT2D eigenvalue weighted by Gasteiger charge is -1.99. The number of guanidine groups is 1. The van der Waals surface area contributed by atoms with E-state index in [9.17, 15) is 0 Å². The van der Waals surface area contributed by atoms with Gasteiger partial charge in [0.25, 0.3) is 0 Å². The maximum Gasteiger partial charge on any atom is 0.205 e. The van der Waals surface area contributed by atoms with Gasteiger partial charge in [0.05, 0.1) is 0 Å². The average Bonchev–Trinajstić information content (AvgIpc) is 2.70. The summed E-state index contributed by atoms with van der Waals surface area (Å²) < 4.78 is 0. The van der Waals surface area contributed by atoms with E-state index in [0.717, 1.165) is 18.1 Å². The van der Waals surface area contributed by atoms with Gasteiger partial charge >= 0.3 is 0 Å². The predicted octanol–water partition coefficient (Wildman–Crippen LogP) is -0.275. The smallest absolute Gasteiger partial charge is 0.205 e. The molecule has 7 nitrogen and oxygen atoms in total. The van der Waals surface area contributed by atoms with Gasteiger partial charge in [0, 0.05) is 13.1 Å². The van der Waals surface area contributed by atoms with Crippen molar-refractivity contribution in [2.24, 2.45) is 10.7 Å². The van der Waals surface area contributed by atoms with Crippen LogP contribution in [0.4, 0.5) is 5.13 Å². The molecule has 1 aromatic rings. The molecule has 0 bridgehead atoms. The molecular weight excluding hydrogens is 214 g/mol. The number of nitriles is 1. The number of nitrogens with one attached hydrogen (secondary N) is 2. The third-order valence-corrected chi connectivity index (χ3v) is 2.09. The molecule has 0 spiro atoms. The van der Waals surface area contributed by atoms with Crippen LogP contribution in [0.3, 0.4) is 0 Å². The van der Waals surface area contributed by atoms with Gasteiger partial charge in [-0.05, 0) is 6.42 Å². The van der Waals surface area contributed by atoms with Crippen LogP contribution in [0.15, 0.2) is 10.5 Å². The second kappa shape index (κ2) is 6.56. The summed E-state index contributed by atoms with van der Waals surface area (Å²) in [6.07, 6.45) is 2.51. The molecule has 8 heteroatoms. The van der Waals surface area contributed by atoms with Crippen LogP contribution in [0.25, 0.3) is 0 Å². The zero-order valence-electron chi connectivity index (χ0n) is 7.97. The molecule has 0 aliphatic heterocycles. The number of nitrogens with two attached hydrogens (primary N) is 1. The van der Waals surface area contributed by atoms with Crippen LogP contribution in [0, 0.1) is 11.5 Å². The fraction of sp³-hybridized carbons (Fsp3) is 0.429. The van der Waals surface area contributed by atoms with Crippen molar-refractivity contribution in [2.45, 2.75) is 6.42 Å². The van der Waals surface area contributed by atoms with Crippen molar-refractivity contribution < 1.29 is 0 Å². The zero-order chi connectivity index (χ0) is 10.9. The Bertz CT molecular complexity index is 339. The third-order valence-electron chi connectivity index (χ3n) is 1.44. The number of hydrogen-bond acceptors (Lipinski definition) is 6. The number of aliphatic imine (C=N–C) groups is 1. The molecule has 0 unspecified atom stereocenters. The van der Waals surface area contributed by atoms with Crippen LogP contribution < -0.4 is 16.4 Å². The molecule has 0 aliphatic rings. The van der Waals surface area contributed by atoms with Gasteiger partial charge in [0.2, 0.25) is 11.1 Å². The highest BCUT2D eigenvalue weighted by molar-refractivity contribution is 7.13. The molecule has 0 radical (unpaired) electrons. The molecule has 15 heavy (non-hydrogen) atoms. The molecule has 0 aromatic carbocycles. The van der Waals surface area contributed by atoms with E-state index in [1.807, 2.05) is 0 Å². The normalized spacial score (nSPS) is 10.7. The summed E-state index contributed by atoms with van der Waals surface area (Å²) in [5.74, 6) is 0.147. The molecule has 0 aliphatic carbocycles. The Balaban J connectivity index is 2.07. The summed E-state index contributed by atoms with van der Waals surface area (Å²) in [5.41, 5.74) is 7.00. The standard InChI is InChI=1S/C7H11N7S/c8-4-12-6(9)10-2-1-3-11-7-14-13-5-15-7/h5H,1-3H2,(H,11,14)(H3,9,10,12). The van der Waals surface area contributed by atoms with E-state index in [2.05, 4.69) is 25.8 Å². The van der Waals surface area contributed by atoms with Crippen LogP contribution in [-0.4, -0.2) is 29.2 Å². The molecule has 0 fully saturated rings. The van der Waals surface area contributed by atoms with Crippen LogP contribution in [0.2, 0.25) is 0 Å². The van der Waals surface area contributed by atoms with Crippen molar-refractivity contribution in [1.29, 1.82) is 5.26 Å². The Morgan fingerprint density at radius 1 is 1.73 bits per heavy atom. The molecular formula is C7H11N7S. The summed E-state index contributed by atoms with van der Waals surface area (Å²) in [4.78, 5) is 3.92. The van der Waals surface area contributed by atoms with Crippen LogP contribution in [0.1, 0.15) is 6.42 Å². The highest BCUT2D eigenvalue weighted by Gasteiger charge is 1.93. The first-order valence-corrected chi connectivity index (χ1v) is 5.16. The largest absolute Gasteiger partial charge is 0.369 e. The number of anilines is 1. The van der Waals surface area contributed by atoms with Crippen molar-refractivity contribution in [3.63, 3.8) is 0 Å². The Kier molecular flexibility index (Phi) is 4.89. The molecule has 80 valence electrons. The molecule has 4 N–H and O–H groups in total. The van der Waals surface area contributed by atoms with Crippen molar-refractivity contribution in [3.05, 3.63) is 5.51 Å². The number of nitrogens with zero attached hydrogens (tertiary/aromatic N) is 4. The fourth-order valence-corrected chi connectivity index (χ4v) is 1.29. The topological polar surface area (TPSA) is 112 Å². The summed E-state index contributed by atoms with van der Waals surface area (Å²) >= 11 is 1.45. The predicted molar refractivity (Wildman–Crippen MR) is 58.3 cm³/mol. The monoisotopic (exact) mass is 225 g/mol. The van der Waals surface area contributed by atoms with Crippen molar-refractivity contribution in [1.82, 2.24) is 15.5 Å². The van der Waals surface area contributed by atoms with Gasteiger partial charge in [-0.3, -0.25) is 10.3 Å². The highest BCUT2D eigenvalue weighted by atomic mass is 32.1. The number of rotatable bonds is 5. The molecule has 0 saturated heterocycles. The van der Waals surface area contributed by atoms with E-state index in [1.54, 1.807) is 11.7 Å². The minimum Gasteiger partial charge on any atom is -0.369 e. The Morgan fingerprint density at radius 3 is 3.27 bits per heavy atom. The summed E-state index contributed by atoms with van der Waals surface area (Å²) in [6, 6.07) is 0. The maximum atomic E-state index is 8.22. The molecule has 0 saturated carbocycles. The number of hydrogen-bond donors (Lipinski definition) is 3. The molecule has 1 heterocycles. The quantitative estimate of drug-likeness (QED) is 0.209. The van der Waals surface area contributed by atoms with Gasteiger partial charge in [-0.2, -0.15) is 5.26 Å². The lowest BCUT2D eigenvalue weighted by molar-refractivity contribution is 0.864. The number of aromatic nitrogens is 2. The first-order valence-electron chi connectivity index (χ1n) is 4.28. The lowest BCUT2D eigenvalue weighted by Crippen LogP contribution is -2.27. The van der Waals surface area contributed by atoms with E-state index >= 15 is 0 Å². The van der Waals surface area contributed by atoms with Crippen molar-refractivity contribution in [2.75, 3.05) is 18.4 Å². The van der Waals surface area contributed by atoms with E-state index in [1.165, 1.54) is 11.3 Å². The van der Waals surface area contributed by atoms with Gasteiger partial charge in [-0.15, -0.1) is 10.2 Å². The zero-order valence-corrected chi connectivity index (χ0v) is 8.79. The third kappa shape index (κ3) is 4.78. The van der Waals surface area contributed by atoms with E-state index in [0.29, 0.717) is 6.54 Å². The summed E-state index contributed by atoms with van der Waals surface area (Å²) in [6.45, 7) is 1.31. The minimum absolute atomic E-state index is 0.147. The van der Waals surface area contributed by atoms with Crippen LogP contribution in [-0.2, 0) is 0 Å². The maximum absolute atomic E-state index is 8.22. The van der Waals surface area contributed by atoms with Gasteiger partial charge in [-0.25, -0.2) is 0 Å². The Morgan fingerprint density at radius 2 is 2.60 bits per heavy atom. The molecule has 1 rings (SSSR count). The SMILES string of the molecule is N#CNC(N)=NCCCNc1nncs1. The van der Waals surface area contributed by atoms with Gasteiger partial charge in [-0.1, -0.05) is 11.3 Å². The molecule has 1 aromatic heterocycles. The van der Waals surface area contributed by atoms with Crippen LogP contribution >= 0.6 is 11.3 Å². The van der Waals surface area contributed by atoms with Crippen molar-refractivity contribution in [3.8, 4) is 6.19 Å². The molecule has 0 atom stereocenters. The second-order valence-corrected chi connectivity index (χ2v) is 3.36. The van der Waals surface area contributed by atoms with Crippen LogP contribution in [0.5, 0.6) is 0 Å². The Labute approximate surface area is 91.0 Å². The second-order valence-electron chi connectivity index (χ2n) is 2.53. The first-order chi connectivity index (χ1) is 7.33. The first kappa shape index (κ1) is 11.2. The van der Waals surface area contributed by atoms with Gasteiger partial charge < -0.3 is 11.1 Å². The summed E-state index contributed by atoms with van der Waals surface area (Å²) in [5, 5.41) is 21.8. The van der Waals surface area contributed by atoms with E-state index < -0.39 is 0 Å². The fourth-order valence-electron chi connectivity index (χ4n) is 0.821. The Hall–Kier alpha value is -1.88. The van der Waals surface area contributed by atoms with Gasteiger partial charge in [0.1, 0.15) is 5.51 Å². The van der Waals surface area contributed by atoms with E-state index in [-0.39, 0.29) is 5.96 Å². The van der Waals surface area contributed by atoms with Crippen molar-refractivity contribution >= 4 is 22.4 Å². The lowest BCUT2D eigenvalue weighted by atomic mass is 10.4. The molecule has 0 amide bonds.